The van der Waals surface area contributed by atoms with Gasteiger partial charge in [0.15, 0.2) is 0 Å². The van der Waals surface area contributed by atoms with Crippen LogP contribution in [0.3, 0.4) is 0 Å². The molecule has 1 atom stereocenters. The standard InChI is InChI=1S/C18H26S.C2H6/c1-14(2)5-4-6-15(3)7-8-16-9-10-18-17(13-16)11-12-19-18;1-2/h9-15H,4-8H2,1-3H3;1-2H3. The summed E-state index contributed by atoms with van der Waals surface area (Å²) in [7, 11) is 0. The summed E-state index contributed by atoms with van der Waals surface area (Å²) in [5.41, 5.74) is 1.50. The molecule has 0 bridgehead atoms. The summed E-state index contributed by atoms with van der Waals surface area (Å²) in [6.07, 6.45) is 6.72. The topological polar surface area (TPSA) is 0 Å². The summed E-state index contributed by atoms with van der Waals surface area (Å²) >= 11 is 1.83. The van der Waals surface area contributed by atoms with Crippen LogP contribution in [0.2, 0.25) is 0 Å². The van der Waals surface area contributed by atoms with Gasteiger partial charge in [0.2, 0.25) is 0 Å². The maximum Gasteiger partial charge on any atom is 0.0342 e. The SMILES string of the molecule is CC.CC(C)CCCC(C)CCc1ccc2sccc2c1. The van der Waals surface area contributed by atoms with Crippen molar-refractivity contribution in [2.45, 2.75) is 66.7 Å². The van der Waals surface area contributed by atoms with E-state index in [0.29, 0.717) is 0 Å². The molecule has 0 aliphatic rings. The molecule has 0 N–H and O–H groups in total. The molecule has 0 aliphatic carbocycles. The molecule has 0 nitrogen and oxygen atoms in total. The molecule has 1 heteroatoms. The number of fused-ring (bicyclic) bond motifs is 1. The number of thiophene rings is 1. The molecule has 21 heavy (non-hydrogen) atoms. The Labute approximate surface area is 135 Å². The highest BCUT2D eigenvalue weighted by Gasteiger charge is 2.05. The Kier molecular flexibility index (Phi) is 8.68. The molecule has 0 fully saturated rings. The fourth-order valence-electron chi connectivity index (χ4n) is 2.60. The highest BCUT2D eigenvalue weighted by Crippen LogP contribution is 2.23. The first kappa shape index (κ1) is 18.2. The van der Waals surface area contributed by atoms with Crippen molar-refractivity contribution >= 4 is 21.4 Å². The average molecular weight is 305 g/mol. The number of rotatable bonds is 7. The van der Waals surface area contributed by atoms with Crippen LogP contribution in [-0.4, -0.2) is 0 Å². The Hall–Kier alpha value is -0.820. The molecule has 0 amide bonds. The van der Waals surface area contributed by atoms with Crippen molar-refractivity contribution in [3.8, 4) is 0 Å². The molecule has 0 saturated carbocycles. The van der Waals surface area contributed by atoms with Gasteiger partial charge in [-0.1, -0.05) is 66.0 Å². The summed E-state index contributed by atoms with van der Waals surface area (Å²) in [6, 6.07) is 9.18. The van der Waals surface area contributed by atoms with Gasteiger partial charge in [0, 0.05) is 4.70 Å². The quantitative estimate of drug-likeness (QED) is 0.502. The van der Waals surface area contributed by atoms with Crippen LogP contribution in [0.25, 0.3) is 10.1 Å². The molecule has 118 valence electrons. The van der Waals surface area contributed by atoms with Crippen molar-refractivity contribution in [2.24, 2.45) is 11.8 Å². The van der Waals surface area contributed by atoms with Crippen LogP contribution in [0.15, 0.2) is 29.6 Å². The maximum absolute atomic E-state index is 2.41. The minimum atomic E-state index is 0.855. The normalized spacial score (nSPS) is 12.3. The lowest BCUT2D eigenvalue weighted by Gasteiger charge is -2.12. The third-order valence-corrected chi connectivity index (χ3v) is 4.82. The van der Waals surface area contributed by atoms with E-state index in [1.54, 1.807) is 0 Å². The molecule has 0 aliphatic heterocycles. The van der Waals surface area contributed by atoms with E-state index in [-0.39, 0.29) is 0 Å². The van der Waals surface area contributed by atoms with Gasteiger partial charge in [-0.25, -0.2) is 0 Å². The van der Waals surface area contributed by atoms with E-state index < -0.39 is 0 Å². The smallest absolute Gasteiger partial charge is 0.0342 e. The van der Waals surface area contributed by atoms with Gasteiger partial charge >= 0.3 is 0 Å². The predicted octanol–water partition coefficient (Wildman–Crippen LogP) is 7.32. The van der Waals surface area contributed by atoms with Crippen LogP contribution < -0.4 is 0 Å². The summed E-state index contributed by atoms with van der Waals surface area (Å²) < 4.78 is 1.41. The fraction of sp³-hybridized carbons (Fsp3) is 0.600. The van der Waals surface area contributed by atoms with Gasteiger partial charge in [0.05, 0.1) is 0 Å². The minimum Gasteiger partial charge on any atom is -0.144 e. The van der Waals surface area contributed by atoms with Crippen LogP contribution >= 0.6 is 11.3 Å². The Balaban J connectivity index is 0.00000106. The fourth-order valence-corrected chi connectivity index (χ4v) is 3.37. The molecular formula is C20H32S. The van der Waals surface area contributed by atoms with Crippen molar-refractivity contribution in [2.75, 3.05) is 0 Å². The van der Waals surface area contributed by atoms with Gasteiger partial charge in [-0.2, -0.15) is 0 Å². The first-order valence-corrected chi connectivity index (χ1v) is 9.49. The first-order valence-electron chi connectivity index (χ1n) is 8.61. The van der Waals surface area contributed by atoms with E-state index in [4.69, 9.17) is 0 Å². The summed E-state index contributed by atoms with van der Waals surface area (Å²) in [6.45, 7) is 11.0. The van der Waals surface area contributed by atoms with Crippen LogP contribution in [0.1, 0.15) is 65.9 Å². The van der Waals surface area contributed by atoms with Gasteiger partial charge < -0.3 is 0 Å². The summed E-state index contributed by atoms with van der Waals surface area (Å²) in [5.74, 6) is 1.71. The summed E-state index contributed by atoms with van der Waals surface area (Å²) in [4.78, 5) is 0. The lowest BCUT2D eigenvalue weighted by molar-refractivity contribution is 0.437. The maximum atomic E-state index is 2.41. The third kappa shape index (κ3) is 6.65. The highest BCUT2D eigenvalue weighted by atomic mass is 32.1. The average Bonchev–Trinajstić information content (AvgIpc) is 2.94. The van der Waals surface area contributed by atoms with Crippen molar-refractivity contribution in [1.82, 2.24) is 0 Å². The highest BCUT2D eigenvalue weighted by molar-refractivity contribution is 7.17. The van der Waals surface area contributed by atoms with Crippen molar-refractivity contribution in [3.05, 3.63) is 35.2 Å². The van der Waals surface area contributed by atoms with E-state index in [9.17, 15) is 0 Å². The zero-order chi connectivity index (χ0) is 15.7. The minimum absolute atomic E-state index is 0.855. The molecule has 1 aromatic carbocycles. The third-order valence-electron chi connectivity index (χ3n) is 3.92. The second kappa shape index (κ2) is 10.00. The Morgan fingerprint density at radius 3 is 2.43 bits per heavy atom. The van der Waals surface area contributed by atoms with Gasteiger partial charge in [-0.05, 0) is 53.1 Å². The Morgan fingerprint density at radius 2 is 1.71 bits per heavy atom. The first-order chi connectivity index (χ1) is 10.1. The monoisotopic (exact) mass is 304 g/mol. The van der Waals surface area contributed by atoms with E-state index in [1.165, 1.54) is 47.8 Å². The van der Waals surface area contributed by atoms with Crippen LogP contribution in [-0.2, 0) is 6.42 Å². The van der Waals surface area contributed by atoms with Crippen molar-refractivity contribution in [3.63, 3.8) is 0 Å². The second-order valence-electron chi connectivity index (χ2n) is 6.26. The zero-order valence-corrected chi connectivity index (χ0v) is 15.3. The van der Waals surface area contributed by atoms with E-state index in [1.807, 2.05) is 25.2 Å². The number of hydrogen-bond acceptors (Lipinski definition) is 1. The molecule has 0 saturated heterocycles. The van der Waals surface area contributed by atoms with Crippen molar-refractivity contribution < 1.29 is 0 Å². The van der Waals surface area contributed by atoms with Gasteiger partial charge in [-0.3, -0.25) is 0 Å². The molecule has 1 heterocycles. The molecule has 0 radical (unpaired) electrons. The van der Waals surface area contributed by atoms with Crippen molar-refractivity contribution in [1.29, 1.82) is 0 Å². The predicted molar refractivity (Wildman–Crippen MR) is 99.3 cm³/mol. The zero-order valence-electron chi connectivity index (χ0n) is 14.5. The number of benzene rings is 1. The second-order valence-corrected chi connectivity index (χ2v) is 7.21. The van der Waals surface area contributed by atoms with Crippen LogP contribution in [0, 0.1) is 11.8 Å². The molecule has 0 spiro atoms. The molecule has 2 aromatic rings. The van der Waals surface area contributed by atoms with E-state index in [0.717, 1.165) is 11.8 Å². The number of aryl methyl sites for hydroxylation is 1. The molecule has 2 rings (SSSR count). The van der Waals surface area contributed by atoms with Crippen LogP contribution in [0.5, 0.6) is 0 Å². The van der Waals surface area contributed by atoms with Crippen LogP contribution in [0.4, 0.5) is 0 Å². The lowest BCUT2D eigenvalue weighted by atomic mass is 9.94. The van der Waals surface area contributed by atoms with Gasteiger partial charge in [-0.15, -0.1) is 11.3 Å². The molecule has 1 unspecified atom stereocenters. The summed E-state index contributed by atoms with van der Waals surface area (Å²) in [5, 5.41) is 3.60. The number of hydrogen-bond donors (Lipinski definition) is 0. The van der Waals surface area contributed by atoms with E-state index >= 15 is 0 Å². The Bertz CT molecular complexity index is 495. The van der Waals surface area contributed by atoms with E-state index in [2.05, 4.69) is 50.4 Å². The lowest BCUT2D eigenvalue weighted by Crippen LogP contribution is -1.99. The van der Waals surface area contributed by atoms with Gasteiger partial charge in [0.1, 0.15) is 0 Å². The van der Waals surface area contributed by atoms with Gasteiger partial charge in [0.25, 0.3) is 0 Å². The molecule has 1 aromatic heterocycles. The largest absolute Gasteiger partial charge is 0.144 e. The molecular weight excluding hydrogens is 272 g/mol. The Morgan fingerprint density at radius 1 is 0.952 bits per heavy atom.